The van der Waals surface area contributed by atoms with E-state index in [0.717, 1.165) is 41.8 Å². The van der Waals surface area contributed by atoms with Gasteiger partial charge in [0.05, 0.1) is 0 Å². The summed E-state index contributed by atoms with van der Waals surface area (Å²) < 4.78 is 6.07. The number of fused-ring (bicyclic) bond motifs is 1. The normalized spacial score (nSPS) is 17.1. The van der Waals surface area contributed by atoms with Gasteiger partial charge in [-0.15, -0.1) is 12.4 Å². The van der Waals surface area contributed by atoms with Gasteiger partial charge in [0, 0.05) is 18.5 Å². The molecule has 0 spiro atoms. The van der Waals surface area contributed by atoms with Crippen molar-refractivity contribution >= 4 is 12.4 Å². The molecule has 1 heterocycles. The maximum atomic E-state index is 10.1. The second-order valence-electron chi connectivity index (χ2n) is 5.57. The van der Waals surface area contributed by atoms with Crippen molar-refractivity contribution in [3.8, 4) is 11.5 Å². The van der Waals surface area contributed by atoms with E-state index >= 15 is 0 Å². The molecule has 3 nitrogen and oxygen atoms in total. The van der Waals surface area contributed by atoms with Crippen LogP contribution in [0.5, 0.6) is 11.5 Å². The number of phenolic OH excluding ortho intramolecular Hbond substituents is 1. The number of hydrogen-bond donors (Lipinski definition) is 1. The number of rotatable bonds is 3. The molecule has 1 N–H and O–H groups in total. The van der Waals surface area contributed by atoms with E-state index in [9.17, 15) is 5.11 Å². The van der Waals surface area contributed by atoms with Gasteiger partial charge in [0.25, 0.3) is 0 Å². The molecule has 2 rings (SSSR count). The highest BCUT2D eigenvalue weighted by atomic mass is 35.5. The Bertz CT molecular complexity index is 435. The predicted octanol–water partition coefficient (Wildman–Crippen LogP) is 2.99. The van der Waals surface area contributed by atoms with Crippen LogP contribution >= 0.6 is 12.4 Å². The van der Waals surface area contributed by atoms with Gasteiger partial charge in [-0.25, -0.2) is 0 Å². The second-order valence-corrected chi connectivity index (χ2v) is 5.57. The Morgan fingerprint density at radius 3 is 2.37 bits per heavy atom. The Morgan fingerprint density at radius 2 is 1.79 bits per heavy atom. The number of aromatic hydroxyl groups is 1. The fourth-order valence-electron chi connectivity index (χ4n) is 2.57. The van der Waals surface area contributed by atoms with Gasteiger partial charge in [0.15, 0.2) is 0 Å². The van der Waals surface area contributed by atoms with Gasteiger partial charge in [-0.05, 0) is 58.0 Å². The van der Waals surface area contributed by atoms with Gasteiger partial charge < -0.3 is 14.7 Å². The van der Waals surface area contributed by atoms with E-state index in [2.05, 4.69) is 19.0 Å². The van der Waals surface area contributed by atoms with Crippen LogP contribution in [0, 0.1) is 20.8 Å². The molecule has 0 fully saturated rings. The molecule has 1 aromatic carbocycles. The van der Waals surface area contributed by atoms with Crippen molar-refractivity contribution in [1.29, 1.82) is 0 Å². The first kappa shape index (κ1) is 16.1. The summed E-state index contributed by atoms with van der Waals surface area (Å²) in [6.45, 7) is 7.00. The molecule has 0 aliphatic carbocycles. The van der Waals surface area contributed by atoms with Crippen molar-refractivity contribution in [3.05, 3.63) is 22.3 Å². The Hall–Kier alpha value is -0.930. The average molecular weight is 286 g/mol. The number of benzene rings is 1. The molecule has 1 aliphatic heterocycles. The molecular formula is C15H24ClNO2. The maximum Gasteiger partial charge on any atom is 0.126 e. The van der Waals surface area contributed by atoms with Crippen LogP contribution in [0.25, 0.3) is 0 Å². The van der Waals surface area contributed by atoms with Crippen LogP contribution in [0.1, 0.15) is 28.7 Å². The fraction of sp³-hybridized carbons (Fsp3) is 0.600. The zero-order valence-corrected chi connectivity index (χ0v) is 13.2. The van der Waals surface area contributed by atoms with Gasteiger partial charge in [-0.1, -0.05) is 0 Å². The first-order valence-electron chi connectivity index (χ1n) is 6.54. The van der Waals surface area contributed by atoms with E-state index < -0.39 is 0 Å². The van der Waals surface area contributed by atoms with E-state index in [1.807, 2.05) is 20.8 Å². The number of nitrogens with zero attached hydrogens (tertiary/aromatic N) is 1. The first-order chi connectivity index (χ1) is 8.41. The molecule has 1 aliphatic rings. The molecule has 1 atom stereocenters. The molecule has 0 bridgehead atoms. The highest BCUT2D eigenvalue weighted by Crippen LogP contribution is 2.42. The molecular weight excluding hydrogens is 262 g/mol. The highest BCUT2D eigenvalue weighted by molar-refractivity contribution is 5.85. The molecule has 1 unspecified atom stereocenters. The third-order valence-corrected chi connectivity index (χ3v) is 3.95. The maximum absolute atomic E-state index is 10.1. The monoisotopic (exact) mass is 285 g/mol. The minimum absolute atomic E-state index is 0. The Labute approximate surface area is 122 Å². The van der Waals surface area contributed by atoms with Gasteiger partial charge in [-0.3, -0.25) is 0 Å². The molecule has 0 saturated carbocycles. The molecule has 108 valence electrons. The summed E-state index contributed by atoms with van der Waals surface area (Å²) in [6, 6.07) is 0. The zero-order chi connectivity index (χ0) is 13.4. The number of ether oxygens (including phenoxy) is 1. The zero-order valence-electron chi connectivity index (χ0n) is 12.4. The van der Waals surface area contributed by atoms with Crippen molar-refractivity contribution in [2.24, 2.45) is 0 Å². The van der Waals surface area contributed by atoms with Crippen LogP contribution in [-0.2, 0) is 6.42 Å². The Kier molecular flexibility index (Phi) is 5.11. The van der Waals surface area contributed by atoms with E-state index in [4.69, 9.17) is 4.74 Å². The van der Waals surface area contributed by atoms with Crippen LogP contribution in [0.3, 0.4) is 0 Å². The predicted molar refractivity (Wildman–Crippen MR) is 80.9 cm³/mol. The standard InChI is InChI=1S/C15H23NO2.ClH/c1-9-10(2)15-13(11(3)14(9)17)8-12(18-15)6-7-16(4)5;/h12,17H,6-8H2,1-5H3;1H. The summed E-state index contributed by atoms with van der Waals surface area (Å²) in [6.07, 6.45) is 2.20. The first-order valence-corrected chi connectivity index (χ1v) is 6.54. The van der Waals surface area contributed by atoms with Crippen molar-refractivity contribution in [2.45, 2.75) is 39.7 Å². The summed E-state index contributed by atoms with van der Waals surface area (Å²) in [5.74, 6) is 1.44. The lowest BCUT2D eigenvalue weighted by Gasteiger charge is -2.15. The Morgan fingerprint density at radius 1 is 1.16 bits per heavy atom. The molecule has 1 aromatic rings. The van der Waals surface area contributed by atoms with E-state index in [-0.39, 0.29) is 18.5 Å². The van der Waals surface area contributed by atoms with E-state index in [1.165, 1.54) is 5.56 Å². The number of halogens is 1. The molecule has 0 amide bonds. The second kappa shape index (κ2) is 6.02. The summed E-state index contributed by atoms with van der Waals surface area (Å²) in [4.78, 5) is 2.18. The SMILES string of the molecule is Cc1c(C)c2c(c(C)c1O)CC(CCN(C)C)O2.Cl. The summed E-state index contributed by atoms with van der Waals surface area (Å²) in [5, 5.41) is 10.1. The van der Waals surface area contributed by atoms with Crippen LogP contribution < -0.4 is 4.74 Å². The molecule has 19 heavy (non-hydrogen) atoms. The molecule has 0 radical (unpaired) electrons. The number of phenols is 1. The average Bonchev–Trinajstić information content (AvgIpc) is 2.75. The lowest BCUT2D eigenvalue weighted by atomic mass is 9.96. The largest absolute Gasteiger partial charge is 0.507 e. The minimum Gasteiger partial charge on any atom is -0.507 e. The molecule has 0 aromatic heterocycles. The molecule has 0 saturated heterocycles. The minimum atomic E-state index is 0. The summed E-state index contributed by atoms with van der Waals surface area (Å²) in [7, 11) is 4.16. The lowest BCUT2D eigenvalue weighted by Crippen LogP contribution is -2.22. The van der Waals surface area contributed by atoms with Crippen molar-refractivity contribution < 1.29 is 9.84 Å². The van der Waals surface area contributed by atoms with E-state index in [0.29, 0.717) is 5.75 Å². The highest BCUT2D eigenvalue weighted by Gasteiger charge is 2.28. The van der Waals surface area contributed by atoms with Crippen molar-refractivity contribution in [2.75, 3.05) is 20.6 Å². The summed E-state index contributed by atoms with van der Waals surface area (Å²) >= 11 is 0. The molecule has 4 heteroatoms. The van der Waals surface area contributed by atoms with Gasteiger partial charge in [-0.2, -0.15) is 0 Å². The fourth-order valence-corrected chi connectivity index (χ4v) is 2.57. The van der Waals surface area contributed by atoms with Gasteiger partial charge >= 0.3 is 0 Å². The smallest absolute Gasteiger partial charge is 0.126 e. The third-order valence-electron chi connectivity index (χ3n) is 3.95. The third kappa shape index (κ3) is 2.98. The van der Waals surface area contributed by atoms with Crippen molar-refractivity contribution in [1.82, 2.24) is 4.90 Å². The number of hydrogen-bond acceptors (Lipinski definition) is 3. The topological polar surface area (TPSA) is 32.7 Å². The van der Waals surface area contributed by atoms with Crippen LogP contribution in [0.15, 0.2) is 0 Å². The summed E-state index contributed by atoms with van der Waals surface area (Å²) in [5.41, 5.74) is 4.21. The Balaban J connectivity index is 0.00000180. The van der Waals surface area contributed by atoms with Crippen LogP contribution in [0.4, 0.5) is 0 Å². The van der Waals surface area contributed by atoms with Crippen molar-refractivity contribution in [3.63, 3.8) is 0 Å². The van der Waals surface area contributed by atoms with Gasteiger partial charge in [0.1, 0.15) is 17.6 Å². The van der Waals surface area contributed by atoms with E-state index in [1.54, 1.807) is 0 Å². The van der Waals surface area contributed by atoms with Crippen LogP contribution in [-0.4, -0.2) is 36.8 Å². The van der Waals surface area contributed by atoms with Gasteiger partial charge in [0.2, 0.25) is 0 Å². The quantitative estimate of drug-likeness (QED) is 0.927. The van der Waals surface area contributed by atoms with Crippen LogP contribution in [0.2, 0.25) is 0 Å². The lowest BCUT2D eigenvalue weighted by molar-refractivity contribution is 0.202.